The Morgan fingerprint density at radius 3 is 1.74 bits per heavy atom. The molecular formula is C58H52N6O. The maximum Gasteiger partial charge on any atom is 0.137 e. The summed E-state index contributed by atoms with van der Waals surface area (Å²) in [6, 6.07) is 55.1. The van der Waals surface area contributed by atoms with Crippen LogP contribution >= 0.6 is 0 Å². The van der Waals surface area contributed by atoms with Crippen molar-refractivity contribution in [3.05, 3.63) is 169 Å². The highest BCUT2D eigenvalue weighted by Gasteiger charge is 2.33. The zero-order valence-electron chi connectivity index (χ0n) is 38.3. The molecule has 0 N–H and O–H groups in total. The van der Waals surface area contributed by atoms with Gasteiger partial charge in [-0.05, 0) is 101 Å². The SMILES string of the molecule is Cn1c2ccccc2c2cc3c4ccccc4n(C)c3c(N3CN(c4cccc(Oc5ccc6c7cc(C(C)(C)C)ccc7n(-c7cc(C(C)(C)C)ccn7)c6c5)c4)c4ccccc43)c21. The molecular weight excluding hydrogens is 797 g/mol. The van der Waals surface area contributed by atoms with Crippen molar-refractivity contribution in [1.29, 1.82) is 0 Å². The van der Waals surface area contributed by atoms with Gasteiger partial charge in [-0.15, -0.1) is 0 Å². The second-order valence-electron chi connectivity index (χ2n) is 19.9. The molecule has 65 heavy (non-hydrogen) atoms. The van der Waals surface area contributed by atoms with Gasteiger partial charge in [0.1, 0.15) is 24.0 Å². The van der Waals surface area contributed by atoms with E-state index in [-0.39, 0.29) is 10.8 Å². The van der Waals surface area contributed by atoms with Crippen molar-refractivity contribution in [1.82, 2.24) is 18.7 Å². The Morgan fingerprint density at radius 2 is 1.06 bits per heavy atom. The molecule has 12 rings (SSSR count). The molecule has 0 radical (unpaired) electrons. The van der Waals surface area contributed by atoms with Gasteiger partial charge in [0.25, 0.3) is 0 Å². The molecule has 0 bridgehead atoms. The minimum absolute atomic E-state index is 0.0134. The molecule has 1 aliphatic rings. The third-order valence-electron chi connectivity index (χ3n) is 13.9. The van der Waals surface area contributed by atoms with E-state index in [4.69, 9.17) is 9.72 Å². The van der Waals surface area contributed by atoms with Crippen molar-refractivity contribution < 1.29 is 4.74 Å². The lowest BCUT2D eigenvalue weighted by molar-refractivity contribution is 0.483. The van der Waals surface area contributed by atoms with Crippen molar-refractivity contribution in [2.75, 3.05) is 16.5 Å². The number of para-hydroxylation sites is 4. The summed E-state index contributed by atoms with van der Waals surface area (Å²) in [5.41, 5.74) is 14.2. The Hall–Kier alpha value is -7.51. The minimum Gasteiger partial charge on any atom is -0.457 e. The monoisotopic (exact) mass is 848 g/mol. The number of aromatic nitrogens is 4. The van der Waals surface area contributed by atoms with Crippen LogP contribution in [0.5, 0.6) is 11.5 Å². The number of anilines is 4. The number of ether oxygens (including phenoxy) is 1. The van der Waals surface area contributed by atoms with Gasteiger partial charge in [-0.2, -0.15) is 0 Å². The van der Waals surface area contributed by atoms with E-state index < -0.39 is 0 Å². The standard InChI is InChI=1S/C58H52N6O/c1-57(2,3)36-24-27-49-44(30-36)43-26-25-40(33-52(43)64(49)53-31-37(28-29-59-53)58(4,5)6)65-39-17-15-16-38(32-39)62-35-63(51-23-14-13-22-50(51)62)56-54-45(41-18-9-11-20-47(41)60(54)7)34-46-42-19-10-12-21-48(42)61(8)55(46)56/h9-34H,35H2,1-8H3. The highest BCUT2D eigenvalue weighted by molar-refractivity contribution is 6.25. The minimum atomic E-state index is -0.0202. The molecule has 4 aromatic heterocycles. The van der Waals surface area contributed by atoms with Crippen LogP contribution < -0.4 is 14.5 Å². The lowest BCUT2D eigenvalue weighted by Crippen LogP contribution is -2.25. The molecule has 7 heteroatoms. The fourth-order valence-corrected chi connectivity index (χ4v) is 10.5. The number of hydrogen-bond donors (Lipinski definition) is 0. The first kappa shape index (κ1) is 39.1. The normalized spacial score (nSPS) is 13.4. The maximum absolute atomic E-state index is 6.86. The van der Waals surface area contributed by atoms with Gasteiger partial charge in [0, 0.05) is 81.5 Å². The van der Waals surface area contributed by atoms with Crippen LogP contribution in [-0.4, -0.2) is 25.4 Å². The second kappa shape index (κ2) is 14.0. The molecule has 1 aliphatic heterocycles. The van der Waals surface area contributed by atoms with Gasteiger partial charge in [-0.3, -0.25) is 4.57 Å². The highest BCUT2D eigenvalue weighted by atomic mass is 16.5. The van der Waals surface area contributed by atoms with Gasteiger partial charge in [0.15, 0.2) is 0 Å². The van der Waals surface area contributed by atoms with Gasteiger partial charge >= 0.3 is 0 Å². The van der Waals surface area contributed by atoms with E-state index in [9.17, 15) is 0 Å². The molecule has 0 saturated carbocycles. The van der Waals surface area contributed by atoms with Gasteiger partial charge < -0.3 is 23.7 Å². The molecule has 320 valence electrons. The predicted molar refractivity (Wildman–Crippen MR) is 272 cm³/mol. The summed E-state index contributed by atoms with van der Waals surface area (Å²) in [5, 5.41) is 7.43. The zero-order chi connectivity index (χ0) is 44.5. The number of aryl methyl sites for hydroxylation is 2. The fourth-order valence-electron chi connectivity index (χ4n) is 10.5. The molecule has 0 atom stereocenters. The molecule has 5 heterocycles. The van der Waals surface area contributed by atoms with Crippen molar-refractivity contribution in [3.63, 3.8) is 0 Å². The summed E-state index contributed by atoms with van der Waals surface area (Å²) >= 11 is 0. The summed E-state index contributed by atoms with van der Waals surface area (Å²) in [4.78, 5) is 9.89. The Kier molecular flexibility index (Phi) is 8.42. The average Bonchev–Trinajstić information content (AvgIpc) is 4.02. The molecule has 7 aromatic carbocycles. The van der Waals surface area contributed by atoms with Crippen LogP contribution in [-0.2, 0) is 24.9 Å². The van der Waals surface area contributed by atoms with Crippen LogP contribution in [0.25, 0.3) is 71.2 Å². The van der Waals surface area contributed by atoms with E-state index in [2.05, 4.69) is 231 Å². The van der Waals surface area contributed by atoms with E-state index in [1.165, 1.54) is 76.9 Å². The van der Waals surface area contributed by atoms with E-state index in [0.29, 0.717) is 6.67 Å². The molecule has 0 aliphatic carbocycles. The summed E-state index contributed by atoms with van der Waals surface area (Å²) < 4.78 is 13.9. The van der Waals surface area contributed by atoms with Gasteiger partial charge in [-0.1, -0.05) is 102 Å². The molecule has 0 spiro atoms. The Bertz CT molecular complexity index is 3640. The molecule has 7 nitrogen and oxygen atoms in total. The van der Waals surface area contributed by atoms with Crippen molar-refractivity contribution in [2.45, 2.75) is 52.4 Å². The van der Waals surface area contributed by atoms with Crippen LogP contribution in [0.1, 0.15) is 52.7 Å². The molecule has 11 aromatic rings. The molecule has 0 unspecified atom stereocenters. The Balaban J connectivity index is 0.970. The Morgan fingerprint density at radius 1 is 0.462 bits per heavy atom. The molecule has 0 saturated heterocycles. The first-order valence-electron chi connectivity index (χ1n) is 22.7. The third kappa shape index (κ3) is 5.98. The molecule has 0 fully saturated rings. The topological polar surface area (TPSA) is 43.4 Å². The maximum atomic E-state index is 6.86. The Labute approximate surface area is 379 Å². The fraction of sp³-hybridized carbons (Fsp3) is 0.190. The number of rotatable bonds is 5. The summed E-state index contributed by atoms with van der Waals surface area (Å²) in [6.45, 7) is 14.2. The van der Waals surface area contributed by atoms with Crippen LogP contribution in [0.3, 0.4) is 0 Å². The lowest BCUT2D eigenvalue weighted by atomic mass is 9.86. The largest absolute Gasteiger partial charge is 0.457 e. The number of pyridine rings is 1. The first-order chi connectivity index (χ1) is 31.3. The van der Waals surface area contributed by atoms with Crippen molar-refractivity contribution in [3.8, 4) is 17.3 Å². The number of hydrogen-bond acceptors (Lipinski definition) is 4. The summed E-state index contributed by atoms with van der Waals surface area (Å²) in [6.07, 6.45) is 1.94. The van der Waals surface area contributed by atoms with Crippen molar-refractivity contribution in [2.24, 2.45) is 14.1 Å². The average molecular weight is 849 g/mol. The number of nitrogens with zero attached hydrogens (tertiary/aromatic N) is 6. The summed E-state index contributed by atoms with van der Waals surface area (Å²) in [7, 11) is 4.42. The van der Waals surface area contributed by atoms with Gasteiger partial charge in [0.2, 0.25) is 0 Å². The highest BCUT2D eigenvalue weighted by Crippen LogP contribution is 2.51. The molecule has 0 amide bonds. The van der Waals surface area contributed by atoms with Gasteiger partial charge in [-0.25, -0.2) is 4.98 Å². The number of benzene rings is 7. The van der Waals surface area contributed by atoms with Crippen molar-refractivity contribution >= 4 is 88.2 Å². The van der Waals surface area contributed by atoms with Crippen LogP contribution in [0.15, 0.2) is 158 Å². The van der Waals surface area contributed by atoms with Crippen LogP contribution in [0.4, 0.5) is 22.7 Å². The first-order valence-corrected chi connectivity index (χ1v) is 22.7. The second-order valence-corrected chi connectivity index (χ2v) is 19.9. The van der Waals surface area contributed by atoms with Crippen LogP contribution in [0.2, 0.25) is 0 Å². The summed E-state index contributed by atoms with van der Waals surface area (Å²) in [5.74, 6) is 2.44. The smallest absolute Gasteiger partial charge is 0.137 e. The number of fused-ring (bicyclic) bond motifs is 10. The van der Waals surface area contributed by atoms with E-state index >= 15 is 0 Å². The predicted octanol–water partition coefficient (Wildman–Crippen LogP) is 15.1. The lowest BCUT2D eigenvalue weighted by Gasteiger charge is -2.25. The van der Waals surface area contributed by atoms with Gasteiger partial charge in [0.05, 0.1) is 39.1 Å². The van der Waals surface area contributed by atoms with E-state index in [1.54, 1.807) is 0 Å². The van der Waals surface area contributed by atoms with Crippen LogP contribution in [0, 0.1) is 0 Å². The van der Waals surface area contributed by atoms with E-state index in [0.717, 1.165) is 39.7 Å². The quantitative estimate of drug-likeness (QED) is 0.173. The zero-order valence-corrected chi connectivity index (χ0v) is 38.3. The van der Waals surface area contributed by atoms with E-state index in [1.807, 2.05) is 6.20 Å². The third-order valence-corrected chi connectivity index (χ3v) is 13.9.